The van der Waals surface area contributed by atoms with Crippen molar-refractivity contribution in [3.05, 3.63) is 0 Å². The first-order chi connectivity index (χ1) is 6.18. The van der Waals surface area contributed by atoms with Crippen molar-refractivity contribution in [2.24, 2.45) is 28.9 Å². The molecule has 13 heavy (non-hydrogen) atoms. The average Bonchev–Trinajstić information content (AvgIpc) is 2.00. The Balaban J connectivity index is 1.91. The van der Waals surface area contributed by atoms with Gasteiger partial charge >= 0.3 is 0 Å². The molecule has 74 valence electrons. The van der Waals surface area contributed by atoms with Crippen LogP contribution in [0.25, 0.3) is 0 Å². The summed E-state index contributed by atoms with van der Waals surface area (Å²) in [5.41, 5.74) is 6.77. The molecule has 4 bridgehead atoms. The molecule has 1 nitrogen and oxygen atoms in total. The Morgan fingerprint density at radius 2 is 1.38 bits per heavy atom. The number of nitrogens with two attached hydrogens (primary N) is 1. The van der Waals surface area contributed by atoms with Crippen molar-refractivity contribution >= 4 is 0 Å². The van der Waals surface area contributed by atoms with E-state index in [1.54, 1.807) is 0 Å². The van der Waals surface area contributed by atoms with Crippen LogP contribution < -0.4 is 5.73 Å². The molecule has 0 heterocycles. The third kappa shape index (κ3) is 1.09. The van der Waals surface area contributed by atoms with Crippen molar-refractivity contribution in [3.8, 4) is 0 Å². The molecule has 4 rings (SSSR count). The molecule has 0 aromatic rings. The summed E-state index contributed by atoms with van der Waals surface area (Å²) in [6.45, 7) is 2.24. The Kier molecular flexibility index (Phi) is 1.59. The van der Waals surface area contributed by atoms with Gasteiger partial charge in [-0.1, -0.05) is 0 Å². The van der Waals surface area contributed by atoms with Gasteiger partial charge in [-0.05, 0) is 68.6 Å². The third-order valence-corrected chi connectivity index (χ3v) is 5.05. The molecule has 0 saturated heterocycles. The van der Waals surface area contributed by atoms with E-state index in [0.717, 1.165) is 17.8 Å². The van der Waals surface area contributed by atoms with Gasteiger partial charge in [-0.25, -0.2) is 0 Å². The van der Waals surface area contributed by atoms with E-state index in [2.05, 4.69) is 6.92 Å². The lowest BCUT2D eigenvalue weighted by Gasteiger charge is -2.58. The summed E-state index contributed by atoms with van der Waals surface area (Å²) in [4.78, 5) is 0. The van der Waals surface area contributed by atoms with Gasteiger partial charge in [0.15, 0.2) is 0 Å². The molecule has 0 unspecified atom stereocenters. The molecule has 0 radical (unpaired) electrons. The monoisotopic (exact) mass is 179 g/mol. The van der Waals surface area contributed by atoms with Gasteiger partial charge in [0.05, 0.1) is 0 Å². The van der Waals surface area contributed by atoms with Crippen LogP contribution in [-0.4, -0.2) is 6.04 Å². The predicted molar refractivity (Wildman–Crippen MR) is 54.3 cm³/mol. The summed E-state index contributed by atoms with van der Waals surface area (Å²) < 4.78 is 0. The van der Waals surface area contributed by atoms with Gasteiger partial charge in [0.1, 0.15) is 0 Å². The second-order valence-electron chi connectivity index (χ2n) is 6.07. The quantitative estimate of drug-likeness (QED) is 0.657. The summed E-state index contributed by atoms with van der Waals surface area (Å²) in [5, 5.41) is 0. The maximum absolute atomic E-state index is 6.19. The fourth-order valence-corrected chi connectivity index (χ4v) is 4.74. The van der Waals surface area contributed by atoms with Crippen LogP contribution >= 0.6 is 0 Å². The largest absolute Gasteiger partial charge is 0.327 e. The van der Waals surface area contributed by atoms with Gasteiger partial charge in [-0.2, -0.15) is 0 Å². The third-order valence-electron chi connectivity index (χ3n) is 5.05. The zero-order valence-electron chi connectivity index (χ0n) is 8.63. The zero-order valence-corrected chi connectivity index (χ0v) is 8.63. The van der Waals surface area contributed by atoms with Crippen LogP contribution in [0.4, 0.5) is 0 Å². The fourth-order valence-electron chi connectivity index (χ4n) is 4.74. The summed E-state index contributed by atoms with van der Waals surface area (Å²) in [7, 11) is 0. The molecule has 0 aromatic carbocycles. The SMILES string of the molecule is C[C@H](N)C12CC3CC(CC(C3)C1)C2. The molecular weight excluding hydrogens is 158 g/mol. The van der Waals surface area contributed by atoms with Crippen LogP contribution in [0.2, 0.25) is 0 Å². The molecule has 0 aliphatic heterocycles. The number of rotatable bonds is 1. The van der Waals surface area contributed by atoms with Gasteiger partial charge in [0, 0.05) is 6.04 Å². The minimum atomic E-state index is 0.445. The number of hydrogen-bond acceptors (Lipinski definition) is 1. The predicted octanol–water partition coefficient (Wildman–Crippen LogP) is 2.55. The van der Waals surface area contributed by atoms with Crippen LogP contribution in [-0.2, 0) is 0 Å². The Hall–Kier alpha value is -0.0400. The van der Waals surface area contributed by atoms with E-state index in [0.29, 0.717) is 11.5 Å². The standard InChI is InChI=1S/C12H21N/c1-8(13)12-5-9-2-10(6-12)4-11(3-9)7-12/h8-11H,2-7,13H2,1H3/t8-,9?,10?,11?,12?/m0/s1. The highest BCUT2D eigenvalue weighted by Gasteiger charge is 2.52. The molecule has 4 aliphatic carbocycles. The highest BCUT2D eigenvalue weighted by molar-refractivity contribution is 5.04. The summed E-state index contributed by atoms with van der Waals surface area (Å²) >= 11 is 0. The van der Waals surface area contributed by atoms with Crippen LogP contribution in [0.3, 0.4) is 0 Å². The Morgan fingerprint density at radius 1 is 1.00 bits per heavy atom. The molecule has 1 heteroatoms. The average molecular weight is 179 g/mol. The van der Waals surface area contributed by atoms with E-state index in [1.165, 1.54) is 38.5 Å². The highest BCUT2D eigenvalue weighted by Crippen LogP contribution is 2.60. The summed E-state index contributed by atoms with van der Waals surface area (Å²) in [6.07, 6.45) is 8.97. The van der Waals surface area contributed by atoms with Crippen LogP contribution in [0.1, 0.15) is 45.4 Å². The van der Waals surface area contributed by atoms with E-state index < -0.39 is 0 Å². The van der Waals surface area contributed by atoms with Gasteiger partial charge in [0.2, 0.25) is 0 Å². The van der Waals surface area contributed by atoms with E-state index in [9.17, 15) is 0 Å². The first-order valence-corrected chi connectivity index (χ1v) is 5.93. The normalized spacial score (nSPS) is 55.4. The maximum atomic E-state index is 6.19. The van der Waals surface area contributed by atoms with E-state index in [-0.39, 0.29) is 0 Å². The Morgan fingerprint density at radius 3 is 1.69 bits per heavy atom. The van der Waals surface area contributed by atoms with Gasteiger partial charge < -0.3 is 5.73 Å². The maximum Gasteiger partial charge on any atom is 0.00673 e. The first kappa shape index (κ1) is 8.28. The first-order valence-electron chi connectivity index (χ1n) is 5.93. The second-order valence-corrected chi connectivity index (χ2v) is 6.07. The van der Waals surface area contributed by atoms with Crippen molar-refractivity contribution < 1.29 is 0 Å². The molecular formula is C12H21N. The Labute approximate surface area is 81.1 Å². The van der Waals surface area contributed by atoms with Gasteiger partial charge in [0.25, 0.3) is 0 Å². The minimum absolute atomic E-state index is 0.445. The van der Waals surface area contributed by atoms with E-state index in [1.807, 2.05) is 0 Å². The molecule has 2 N–H and O–H groups in total. The Bertz CT molecular complexity index is 184. The van der Waals surface area contributed by atoms with Crippen LogP contribution in [0, 0.1) is 23.2 Å². The molecule has 4 aliphatic rings. The summed E-state index contributed by atoms with van der Waals surface area (Å²) in [5.74, 6) is 3.16. The van der Waals surface area contributed by atoms with Crippen molar-refractivity contribution in [2.75, 3.05) is 0 Å². The van der Waals surface area contributed by atoms with Gasteiger partial charge in [-0.15, -0.1) is 0 Å². The smallest absolute Gasteiger partial charge is 0.00673 e. The van der Waals surface area contributed by atoms with Crippen molar-refractivity contribution in [1.29, 1.82) is 0 Å². The summed E-state index contributed by atoms with van der Waals surface area (Å²) in [6, 6.07) is 0.445. The lowest BCUT2D eigenvalue weighted by Crippen LogP contribution is -2.53. The zero-order chi connectivity index (χ0) is 9.05. The van der Waals surface area contributed by atoms with Crippen LogP contribution in [0.5, 0.6) is 0 Å². The molecule has 0 aromatic heterocycles. The molecule has 0 amide bonds. The van der Waals surface area contributed by atoms with E-state index in [4.69, 9.17) is 5.73 Å². The van der Waals surface area contributed by atoms with Crippen LogP contribution in [0.15, 0.2) is 0 Å². The van der Waals surface area contributed by atoms with Crippen molar-refractivity contribution in [1.82, 2.24) is 0 Å². The lowest BCUT2D eigenvalue weighted by molar-refractivity contribution is -0.0637. The topological polar surface area (TPSA) is 26.0 Å². The highest BCUT2D eigenvalue weighted by atomic mass is 14.7. The molecule has 0 spiro atoms. The molecule has 1 atom stereocenters. The second kappa shape index (κ2) is 2.50. The van der Waals surface area contributed by atoms with Gasteiger partial charge in [-0.3, -0.25) is 0 Å². The minimum Gasteiger partial charge on any atom is -0.327 e. The van der Waals surface area contributed by atoms with Crippen molar-refractivity contribution in [2.45, 2.75) is 51.5 Å². The molecule has 4 fully saturated rings. The van der Waals surface area contributed by atoms with E-state index >= 15 is 0 Å². The lowest BCUT2D eigenvalue weighted by atomic mass is 9.48. The number of hydrogen-bond donors (Lipinski definition) is 1. The molecule has 4 saturated carbocycles. The van der Waals surface area contributed by atoms with Crippen molar-refractivity contribution in [3.63, 3.8) is 0 Å². The fraction of sp³-hybridized carbons (Fsp3) is 1.00.